The summed E-state index contributed by atoms with van der Waals surface area (Å²) in [6.07, 6.45) is 1.66. The SMILES string of the molecule is CCOc1cc(C=C2SC(=O)N(CC)C2=O)ccc1OCc1ccccc1F. The Kier molecular flexibility index (Phi) is 6.36. The molecule has 5 nitrogen and oxygen atoms in total. The van der Waals surface area contributed by atoms with Crippen molar-refractivity contribution in [3.8, 4) is 11.5 Å². The number of halogens is 1. The lowest BCUT2D eigenvalue weighted by Crippen LogP contribution is -2.27. The van der Waals surface area contributed by atoms with Crippen molar-refractivity contribution in [3.05, 3.63) is 64.3 Å². The summed E-state index contributed by atoms with van der Waals surface area (Å²) in [6.45, 7) is 4.44. The number of carbonyl (C=O) groups is 2. The summed E-state index contributed by atoms with van der Waals surface area (Å²) in [5.41, 5.74) is 1.16. The van der Waals surface area contributed by atoms with Gasteiger partial charge in [0.1, 0.15) is 12.4 Å². The van der Waals surface area contributed by atoms with E-state index in [1.165, 1.54) is 11.0 Å². The van der Waals surface area contributed by atoms with Crippen LogP contribution in [-0.4, -0.2) is 29.2 Å². The van der Waals surface area contributed by atoms with E-state index in [-0.39, 0.29) is 23.6 Å². The molecule has 0 radical (unpaired) electrons. The molecule has 0 bridgehead atoms. The molecule has 2 amide bonds. The van der Waals surface area contributed by atoms with Gasteiger partial charge in [-0.2, -0.15) is 0 Å². The van der Waals surface area contributed by atoms with Crippen LogP contribution in [0.15, 0.2) is 47.4 Å². The maximum atomic E-state index is 13.8. The van der Waals surface area contributed by atoms with Gasteiger partial charge in [0, 0.05) is 12.1 Å². The van der Waals surface area contributed by atoms with Crippen molar-refractivity contribution < 1.29 is 23.5 Å². The predicted molar refractivity (Wildman–Crippen MR) is 107 cm³/mol. The highest BCUT2D eigenvalue weighted by molar-refractivity contribution is 8.18. The van der Waals surface area contributed by atoms with Crippen molar-refractivity contribution in [1.82, 2.24) is 4.90 Å². The Morgan fingerprint density at radius 1 is 1.07 bits per heavy atom. The van der Waals surface area contributed by atoms with Crippen LogP contribution < -0.4 is 9.47 Å². The molecule has 2 aromatic carbocycles. The van der Waals surface area contributed by atoms with Crippen molar-refractivity contribution in [2.45, 2.75) is 20.5 Å². The van der Waals surface area contributed by atoms with Gasteiger partial charge in [-0.15, -0.1) is 0 Å². The van der Waals surface area contributed by atoms with Crippen molar-refractivity contribution >= 4 is 29.0 Å². The van der Waals surface area contributed by atoms with E-state index in [1.807, 2.05) is 6.92 Å². The van der Waals surface area contributed by atoms with Crippen molar-refractivity contribution in [1.29, 1.82) is 0 Å². The number of likely N-dealkylation sites (N-methyl/N-ethyl adjacent to an activating group) is 1. The molecule has 0 aliphatic carbocycles. The van der Waals surface area contributed by atoms with Crippen molar-refractivity contribution in [2.24, 2.45) is 0 Å². The predicted octanol–water partition coefficient (Wildman–Crippen LogP) is 4.86. The minimum absolute atomic E-state index is 0.0709. The fraction of sp³-hybridized carbons (Fsp3) is 0.238. The number of imide groups is 1. The third-order valence-electron chi connectivity index (χ3n) is 4.10. The zero-order valence-electron chi connectivity index (χ0n) is 15.6. The average molecular weight is 401 g/mol. The highest BCUT2D eigenvalue weighted by atomic mass is 32.2. The third kappa shape index (κ3) is 4.36. The molecule has 0 aromatic heterocycles. The molecule has 0 saturated carbocycles. The number of rotatable bonds is 7. The van der Waals surface area contributed by atoms with E-state index in [9.17, 15) is 14.0 Å². The smallest absolute Gasteiger partial charge is 0.293 e. The first-order chi connectivity index (χ1) is 13.5. The van der Waals surface area contributed by atoms with Gasteiger partial charge in [-0.1, -0.05) is 24.3 Å². The zero-order chi connectivity index (χ0) is 20.1. The van der Waals surface area contributed by atoms with Crippen molar-refractivity contribution in [2.75, 3.05) is 13.2 Å². The van der Waals surface area contributed by atoms with Gasteiger partial charge in [0.25, 0.3) is 11.1 Å². The second-order valence-corrected chi connectivity index (χ2v) is 6.94. The summed E-state index contributed by atoms with van der Waals surface area (Å²) in [7, 11) is 0. The Balaban J connectivity index is 1.81. The Bertz CT molecular complexity index is 928. The first-order valence-electron chi connectivity index (χ1n) is 8.92. The molecule has 0 spiro atoms. The lowest BCUT2D eigenvalue weighted by molar-refractivity contribution is -0.122. The Morgan fingerprint density at radius 3 is 2.54 bits per heavy atom. The number of nitrogens with zero attached hydrogens (tertiary/aromatic N) is 1. The number of ether oxygens (including phenoxy) is 2. The molecule has 1 saturated heterocycles. The fourth-order valence-electron chi connectivity index (χ4n) is 2.70. The first-order valence-corrected chi connectivity index (χ1v) is 9.73. The van der Waals surface area contributed by atoms with Gasteiger partial charge in [0.2, 0.25) is 0 Å². The number of amides is 2. The second-order valence-electron chi connectivity index (χ2n) is 5.95. The minimum atomic E-state index is -0.330. The topological polar surface area (TPSA) is 55.8 Å². The van der Waals surface area contributed by atoms with E-state index in [1.54, 1.807) is 49.4 Å². The Hall–Kier alpha value is -2.80. The van der Waals surface area contributed by atoms with Crippen LogP contribution in [0.4, 0.5) is 9.18 Å². The molecule has 1 heterocycles. The van der Waals surface area contributed by atoms with E-state index >= 15 is 0 Å². The molecule has 1 aliphatic heterocycles. The summed E-state index contributed by atoms with van der Waals surface area (Å²) in [6, 6.07) is 11.6. The van der Waals surface area contributed by atoms with Crippen molar-refractivity contribution in [3.63, 3.8) is 0 Å². The summed E-state index contributed by atoms with van der Waals surface area (Å²) < 4.78 is 25.1. The van der Waals surface area contributed by atoms with E-state index in [2.05, 4.69) is 0 Å². The number of hydrogen-bond donors (Lipinski definition) is 0. The fourth-order valence-corrected chi connectivity index (χ4v) is 3.60. The number of hydrogen-bond acceptors (Lipinski definition) is 5. The van der Waals surface area contributed by atoms with Crippen LogP contribution in [0.25, 0.3) is 6.08 Å². The number of carbonyl (C=O) groups excluding carboxylic acids is 2. The van der Waals surface area contributed by atoms with Crippen LogP contribution >= 0.6 is 11.8 Å². The van der Waals surface area contributed by atoms with E-state index < -0.39 is 0 Å². The molecule has 28 heavy (non-hydrogen) atoms. The molecule has 0 atom stereocenters. The summed E-state index contributed by atoms with van der Waals surface area (Å²) in [5.74, 6) is 0.338. The van der Waals surface area contributed by atoms with E-state index in [0.29, 0.717) is 40.7 Å². The molecular formula is C21H20FNO4S. The molecule has 7 heteroatoms. The maximum absolute atomic E-state index is 13.8. The zero-order valence-corrected chi connectivity index (χ0v) is 16.4. The largest absolute Gasteiger partial charge is 0.490 e. The van der Waals surface area contributed by atoms with Gasteiger partial charge in [-0.25, -0.2) is 4.39 Å². The van der Waals surface area contributed by atoms with Crippen LogP contribution in [0.1, 0.15) is 25.0 Å². The van der Waals surface area contributed by atoms with E-state index in [0.717, 1.165) is 11.8 Å². The van der Waals surface area contributed by atoms with Gasteiger partial charge in [0.05, 0.1) is 11.5 Å². The third-order valence-corrected chi connectivity index (χ3v) is 5.00. The second kappa shape index (κ2) is 8.93. The molecule has 3 rings (SSSR count). The van der Waals surface area contributed by atoms with E-state index in [4.69, 9.17) is 9.47 Å². The van der Waals surface area contributed by atoms with Gasteiger partial charge >= 0.3 is 0 Å². The highest BCUT2D eigenvalue weighted by Crippen LogP contribution is 2.34. The van der Waals surface area contributed by atoms with Crippen LogP contribution in [0, 0.1) is 5.82 Å². The van der Waals surface area contributed by atoms with Gasteiger partial charge < -0.3 is 9.47 Å². The maximum Gasteiger partial charge on any atom is 0.293 e. The summed E-state index contributed by atoms with van der Waals surface area (Å²) in [4.78, 5) is 25.7. The molecule has 1 fully saturated rings. The molecule has 2 aromatic rings. The van der Waals surface area contributed by atoms with Crippen LogP contribution in [0.3, 0.4) is 0 Å². The first kappa shape index (κ1) is 19.9. The van der Waals surface area contributed by atoms with Crippen LogP contribution in [0.5, 0.6) is 11.5 Å². The molecular weight excluding hydrogens is 381 g/mol. The monoisotopic (exact) mass is 401 g/mol. The molecule has 1 aliphatic rings. The van der Waals surface area contributed by atoms with Gasteiger partial charge in [0.15, 0.2) is 11.5 Å². The lowest BCUT2D eigenvalue weighted by atomic mass is 10.1. The molecule has 0 unspecified atom stereocenters. The van der Waals surface area contributed by atoms with Gasteiger partial charge in [-0.3, -0.25) is 14.5 Å². The van der Waals surface area contributed by atoms with Gasteiger partial charge in [-0.05, 0) is 55.4 Å². The Morgan fingerprint density at radius 2 is 1.86 bits per heavy atom. The normalized spacial score (nSPS) is 15.4. The minimum Gasteiger partial charge on any atom is -0.490 e. The highest BCUT2D eigenvalue weighted by Gasteiger charge is 2.33. The summed E-state index contributed by atoms with van der Waals surface area (Å²) in [5, 5.41) is -0.270. The quantitative estimate of drug-likeness (QED) is 0.620. The van der Waals surface area contributed by atoms with Crippen LogP contribution in [0.2, 0.25) is 0 Å². The summed E-state index contributed by atoms with van der Waals surface area (Å²) >= 11 is 0.919. The molecule has 146 valence electrons. The number of thioether (sulfide) groups is 1. The standard InChI is InChI=1S/C21H20FNO4S/c1-3-23-20(24)19(28-21(23)25)12-14-9-10-17(18(11-14)26-4-2)27-13-15-7-5-6-8-16(15)22/h5-12H,3-4,13H2,1-2H3. The molecule has 0 N–H and O–H groups in total. The van der Waals surface area contributed by atoms with Crippen LogP contribution in [-0.2, 0) is 11.4 Å². The average Bonchev–Trinajstić information content (AvgIpc) is 2.95. The Labute approximate surface area is 167 Å². The lowest BCUT2D eigenvalue weighted by Gasteiger charge is -2.13. The number of benzene rings is 2.